The Morgan fingerprint density at radius 2 is 1.95 bits per heavy atom. The maximum Gasteiger partial charge on any atom is 0.256 e. The van der Waals surface area contributed by atoms with E-state index < -0.39 is 0 Å². The molecule has 0 N–H and O–H groups in total. The van der Waals surface area contributed by atoms with Gasteiger partial charge in [0.05, 0.1) is 5.56 Å². The molecule has 124 valence electrons. The van der Waals surface area contributed by atoms with Crippen LogP contribution in [0.5, 0.6) is 0 Å². The number of aryl methyl sites for hydroxylation is 1. The quantitative estimate of drug-likeness (QED) is 0.667. The van der Waals surface area contributed by atoms with Crippen molar-refractivity contribution in [3.8, 4) is 0 Å². The van der Waals surface area contributed by atoms with Gasteiger partial charge in [0.2, 0.25) is 0 Å². The van der Waals surface area contributed by atoms with E-state index >= 15 is 0 Å². The zero-order valence-electron chi connectivity index (χ0n) is 14.0. The molecule has 2 heterocycles. The molecule has 3 rings (SSSR count). The number of halogens is 1. The first-order valence-corrected chi connectivity index (χ1v) is 9.99. The zero-order valence-corrected chi connectivity index (χ0v) is 15.6. The van der Waals surface area contributed by atoms with E-state index in [2.05, 4.69) is 11.8 Å². The van der Waals surface area contributed by atoms with Crippen molar-refractivity contribution in [3.05, 3.63) is 20.8 Å². The van der Waals surface area contributed by atoms with Gasteiger partial charge in [-0.05, 0) is 44.1 Å². The van der Waals surface area contributed by atoms with Gasteiger partial charge in [-0.2, -0.15) is 0 Å². The molecule has 1 aromatic heterocycles. The van der Waals surface area contributed by atoms with Crippen LogP contribution < -0.4 is 0 Å². The minimum absolute atomic E-state index is 0.169. The van der Waals surface area contributed by atoms with E-state index in [0.717, 1.165) is 30.9 Å². The van der Waals surface area contributed by atoms with Crippen LogP contribution in [0.15, 0.2) is 6.07 Å². The second-order valence-electron chi connectivity index (χ2n) is 6.01. The summed E-state index contributed by atoms with van der Waals surface area (Å²) in [6, 6.07) is 2.47. The molecule has 0 bridgehead atoms. The molecule has 2 atom stereocenters. The fourth-order valence-corrected chi connectivity index (χ4v) is 5.01. The lowest BCUT2D eigenvalue weighted by Gasteiger charge is -2.44. The zero-order chi connectivity index (χ0) is 16.1. The average molecular weight is 342 g/mol. The molecule has 0 aromatic carbocycles. The Morgan fingerprint density at radius 3 is 2.64 bits per heavy atom. The second-order valence-corrected chi connectivity index (χ2v) is 7.75. The minimum atomic E-state index is 0.169. The van der Waals surface area contributed by atoms with E-state index in [1.807, 2.05) is 19.9 Å². The van der Waals surface area contributed by atoms with Crippen LogP contribution in [0.3, 0.4) is 0 Å². The summed E-state index contributed by atoms with van der Waals surface area (Å²) in [5.74, 6) is 0.895. The van der Waals surface area contributed by atoms with Crippen molar-refractivity contribution in [2.24, 2.45) is 5.92 Å². The first kappa shape index (κ1) is 17.8. The molecule has 4 heteroatoms. The number of carbonyl (C=O) groups excluding carboxylic acids is 1. The number of carbonyl (C=O) groups is 1. The number of fused-ring (bicyclic) bond motifs is 1. The smallest absolute Gasteiger partial charge is 0.256 e. The van der Waals surface area contributed by atoms with Gasteiger partial charge in [0, 0.05) is 17.5 Å². The molecular weight excluding hydrogens is 314 g/mol. The van der Waals surface area contributed by atoms with E-state index in [4.69, 9.17) is 11.6 Å². The topological polar surface area (TPSA) is 20.3 Å². The number of hydrogen-bond donors (Lipinski definition) is 0. The summed E-state index contributed by atoms with van der Waals surface area (Å²) in [4.78, 5) is 16.2. The van der Waals surface area contributed by atoms with Crippen molar-refractivity contribution in [1.29, 1.82) is 0 Å². The Morgan fingerprint density at radius 1 is 1.27 bits per heavy atom. The summed E-state index contributed by atoms with van der Waals surface area (Å²) in [6.07, 6.45) is 8.47. The van der Waals surface area contributed by atoms with E-state index in [9.17, 15) is 4.79 Å². The Bertz CT molecular complexity index is 497. The van der Waals surface area contributed by atoms with Crippen LogP contribution in [-0.4, -0.2) is 23.4 Å². The minimum Gasteiger partial charge on any atom is -0.335 e. The number of piperidine rings is 1. The maximum absolute atomic E-state index is 12.9. The molecule has 1 amide bonds. The van der Waals surface area contributed by atoms with Gasteiger partial charge in [-0.25, -0.2) is 0 Å². The molecule has 2 nitrogen and oxygen atoms in total. The van der Waals surface area contributed by atoms with Crippen LogP contribution in [0.4, 0.5) is 0 Å². The highest BCUT2D eigenvalue weighted by atomic mass is 35.5. The predicted octanol–water partition coefficient (Wildman–Crippen LogP) is 5.78. The maximum atomic E-state index is 12.9. The van der Waals surface area contributed by atoms with Crippen LogP contribution >= 0.6 is 22.9 Å². The molecule has 22 heavy (non-hydrogen) atoms. The van der Waals surface area contributed by atoms with Crippen molar-refractivity contribution in [2.45, 2.75) is 71.8 Å². The van der Waals surface area contributed by atoms with E-state index in [1.165, 1.54) is 37.0 Å². The van der Waals surface area contributed by atoms with Crippen LogP contribution in [0.25, 0.3) is 0 Å². The van der Waals surface area contributed by atoms with Crippen molar-refractivity contribution in [1.82, 2.24) is 4.90 Å². The third-order valence-corrected chi connectivity index (χ3v) is 6.32. The standard InChI is InChI=1S/C16H22ClNOS.C2H6/c1-2-12-10-13(15(17)20-12)16(19)18-9-5-7-11-6-3-4-8-14(11)18;1-2/h10-11,14H,2-9H2,1H3;1-2H3. The number of rotatable bonds is 2. The summed E-state index contributed by atoms with van der Waals surface area (Å²) in [5.41, 5.74) is 0.736. The number of nitrogens with zero attached hydrogens (tertiary/aromatic N) is 1. The lowest BCUT2D eigenvalue weighted by molar-refractivity contribution is 0.0391. The Hall–Kier alpha value is -0.540. The molecule has 1 aliphatic carbocycles. The lowest BCUT2D eigenvalue weighted by atomic mass is 9.78. The van der Waals surface area contributed by atoms with Gasteiger partial charge in [0.15, 0.2) is 0 Å². The molecule has 2 unspecified atom stereocenters. The van der Waals surface area contributed by atoms with Crippen LogP contribution in [-0.2, 0) is 6.42 Å². The average Bonchev–Trinajstić information content (AvgIpc) is 2.96. The summed E-state index contributed by atoms with van der Waals surface area (Å²) >= 11 is 7.84. The third kappa shape index (κ3) is 3.68. The Kier molecular flexibility index (Phi) is 6.76. The molecule has 1 aliphatic heterocycles. The summed E-state index contributed by atoms with van der Waals surface area (Å²) < 4.78 is 0.671. The Balaban J connectivity index is 0.000000847. The number of hydrogen-bond acceptors (Lipinski definition) is 2. The van der Waals surface area contributed by atoms with Crippen molar-refractivity contribution < 1.29 is 4.79 Å². The summed E-state index contributed by atoms with van der Waals surface area (Å²) in [7, 11) is 0. The van der Waals surface area contributed by atoms with Crippen LogP contribution in [0, 0.1) is 5.92 Å². The van der Waals surface area contributed by atoms with Gasteiger partial charge >= 0.3 is 0 Å². The first-order chi connectivity index (χ1) is 10.7. The highest BCUT2D eigenvalue weighted by Gasteiger charge is 2.36. The highest BCUT2D eigenvalue weighted by molar-refractivity contribution is 7.16. The van der Waals surface area contributed by atoms with Crippen LogP contribution in [0.2, 0.25) is 4.34 Å². The van der Waals surface area contributed by atoms with Crippen molar-refractivity contribution >= 4 is 28.8 Å². The molecule has 1 aromatic rings. The van der Waals surface area contributed by atoms with Gasteiger partial charge in [0.25, 0.3) is 5.91 Å². The third-order valence-electron chi connectivity index (χ3n) is 4.82. The second kappa shape index (κ2) is 8.35. The largest absolute Gasteiger partial charge is 0.335 e. The lowest BCUT2D eigenvalue weighted by Crippen LogP contribution is -2.49. The molecule has 0 radical (unpaired) electrons. The summed E-state index contributed by atoms with van der Waals surface area (Å²) in [5, 5.41) is 0. The van der Waals surface area contributed by atoms with Gasteiger partial charge in [0.1, 0.15) is 4.34 Å². The fraction of sp³-hybridized carbons (Fsp3) is 0.722. The molecular formula is C18H28ClNOS. The number of likely N-dealkylation sites (tertiary alicyclic amines) is 1. The number of thiophene rings is 1. The predicted molar refractivity (Wildman–Crippen MR) is 96.1 cm³/mol. The van der Waals surface area contributed by atoms with Gasteiger partial charge < -0.3 is 4.90 Å². The first-order valence-electron chi connectivity index (χ1n) is 8.80. The van der Waals surface area contributed by atoms with Gasteiger partial charge in [-0.15, -0.1) is 11.3 Å². The molecule has 0 spiro atoms. The normalized spacial score (nSPS) is 24.3. The van der Waals surface area contributed by atoms with E-state index in [1.54, 1.807) is 11.3 Å². The van der Waals surface area contributed by atoms with Crippen molar-refractivity contribution in [2.75, 3.05) is 6.54 Å². The van der Waals surface area contributed by atoms with E-state index in [0.29, 0.717) is 10.4 Å². The molecule has 2 aliphatic rings. The van der Waals surface area contributed by atoms with E-state index in [-0.39, 0.29) is 5.91 Å². The monoisotopic (exact) mass is 341 g/mol. The van der Waals surface area contributed by atoms with Gasteiger partial charge in [-0.3, -0.25) is 4.79 Å². The molecule has 1 saturated carbocycles. The molecule has 1 saturated heterocycles. The van der Waals surface area contributed by atoms with Gasteiger partial charge in [-0.1, -0.05) is 45.2 Å². The SMILES string of the molecule is CC.CCc1cc(C(=O)N2CCCC3CCCCC32)c(Cl)s1. The number of amides is 1. The highest BCUT2D eigenvalue weighted by Crippen LogP contribution is 2.37. The summed E-state index contributed by atoms with van der Waals surface area (Å²) in [6.45, 7) is 7.02. The van der Waals surface area contributed by atoms with Crippen molar-refractivity contribution in [3.63, 3.8) is 0 Å². The van der Waals surface area contributed by atoms with Crippen LogP contribution in [0.1, 0.15) is 74.5 Å². The Labute approximate surface area is 143 Å². The fourth-order valence-electron chi connectivity index (χ4n) is 3.77. The molecule has 2 fully saturated rings.